The summed E-state index contributed by atoms with van der Waals surface area (Å²) in [6.07, 6.45) is 2.86. The van der Waals surface area contributed by atoms with Crippen LogP contribution in [0.3, 0.4) is 0 Å². The fourth-order valence-corrected chi connectivity index (χ4v) is 1.58. The molecule has 1 fully saturated rings. The summed E-state index contributed by atoms with van der Waals surface area (Å²) in [7, 11) is 0. The lowest BCUT2D eigenvalue weighted by Gasteiger charge is -2.28. The number of nitrogens with zero attached hydrogens (tertiary/aromatic N) is 2. The van der Waals surface area contributed by atoms with E-state index in [0.717, 1.165) is 38.9 Å². The number of aliphatic hydroxyl groups is 1. The topological polar surface area (TPSA) is 47.3 Å². The highest BCUT2D eigenvalue weighted by Gasteiger charge is 2.17. The van der Waals surface area contributed by atoms with Crippen LogP contribution in [0.25, 0.3) is 0 Å². The first-order chi connectivity index (χ1) is 5.86. The summed E-state index contributed by atoms with van der Waals surface area (Å²) in [4.78, 5) is 2.32. The molecule has 0 saturated carbocycles. The van der Waals surface area contributed by atoms with Crippen LogP contribution in [0.4, 0.5) is 0 Å². The molecule has 1 aliphatic heterocycles. The maximum atomic E-state index is 8.64. The monoisotopic (exact) mass is 168 g/mol. The van der Waals surface area contributed by atoms with Crippen molar-refractivity contribution in [1.29, 1.82) is 5.26 Å². The molecule has 0 aromatic heterocycles. The Morgan fingerprint density at radius 1 is 1.42 bits per heavy atom. The summed E-state index contributed by atoms with van der Waals surface area (Å²) in [6, 6.07) is 2.30. The fraction of sp³-hybridized carbons (Fsp3) is 0.889. The molecule has 1 aliphatic rings. The molecule has 1 heterocycles. The van der Waals surface area contributed by atoms with Crippen molar-refractivity contribution < 1.29 is 5.11 Å². The first-order valence-corrected chi connectivity index (χ1v) is 4.59. The molecule has 0 aliphatic carbocycles. The van der Waals surface area contributed by atoms with Crippen LogP contribution in [-0.4, -0.2) is 36.2 Å². The van der Waals surface area contributed by atoms with Crippen molar-refractivity contribution in [1.82, 2.24) is 4.90 Å². The SMILES string of the molecule is N#CC1CCN(CCCO)CC1. The van der Waals surface area contributed by atoms with E-state index in [0.29, 0.717) is 0 Å². The van der Waals surface area contributed by atoms with Crippen LogP contribution in [0.2, 0.25) is 0 Å². The van der Waals surface area contributed by atoms with Gasteiger partial charge >= 0.3 is 0 Å². The van der Waals surface area contributed by atoms with Gasteiger partial charge in [0.25, 0.3) is 0 Å². The van der Waals surface area contributed by atoms with Gasteiger partial charge in [0, 0.05) is 19.1 Å². The first-order valence-electron chi connectivity index (χ1n) is 4.59. The second kappa shape index (κ2) is 5.13. The molecule has 3 heteroatoms. The van der Waals surface area contributed by atoms with Gasteiger partial charge in [-0.2, -0.15) is 5.26 Å². The van der Waals surface area contributed by atoms with Crippen LogP contribution >= 0.6 is 0 Å². The third kappa shape index (κ3) is 2.80. The molecule has 0 bridgehead atoms. The molecule has 0 spiro atoms. The first kappa shape index (κ1) is 9.50. The van der Waals surface area contributed by atoms with Crippen LogP contribution < -0.4 is 0 Å². The van der Waals surface area contributed by atoms with E-state index < -0.39 is 0 Å². The normalized spacial score (nSPS) is 20.7. The minimum absolute atomic E-state index is 0.273. The maximum Gasteiger partial charge on any atom is 0.0656 e. The van der Waals surface area contributed by atoms with Gasteiger partial charge in [0.2, 0.25) is 0 Å². The molecule has 1 saturated heterocycles. The molecule has 12 heavy (non-hydrogen) atoms. The predicted octanol–water partition coefficient (Wildman–Crippen LogP) is 0.604. The second-order valence-electron chi connectivity index (χ2n) is 3.32. The highest BCUT2D eigenvalue weighted by molar-refractivity contribution is 4.87. The smallest absolute Gasteiger partial charge is 0.0656 e. The molecule has 1 N–H and O–H groups in total. The zero-order valence-electron chi connectivity index (χ0n) is 7.37. The average molecular weight is 168 g/mol. The Morgan fingerprint density at radius 3 is 2.58 bits per heavy atom. The lowest BCUT2D eigenvalue weighted by atomic mass is 9.99. The molecule has 0 radical (unpaired) electrons. The predicted molar refractivity (Wildman–Crippen MR) is 46.5 cm³/mol. The Bertz CT molecular complexity index is 156. The Hall–Kier alpha value is -0.590. The minimum atomic E-state index is 0.273. The Kier molecular flexibility index (Phi) is 4.06. The van der Waals surface area contributed by atoms with E-state index >= 15 is 0 Å². The molecule has 68 valence electrons. The summed E-state index contributed by atoms with van der Waals surface area (Å²) >= 11 is 0. The molecule has 0 unspecified atom stereocenters. The van der Waals surface area contributed by atoms with E-state index in [4.69, 9.17) is 10.4 Å². The van der Waals surface area contributed by atoms with E-state index in [2.05, 4.69) is 11.0 Å². The molecule has 0 atom stereocenters. The van der Waals surface area contributed by atoms with Crippen molar-refractivity contribution in [3.05, 3.63) is 0 Å². The Balaban J connectivity index is 2.14. The molecule has 0 amide bonds. The van der Waals surface area contributed by atoms with Gasteiger partial charge in [-0.1, -0.05) is 0 Å². The van der Waals surface area contributed by atoms with Crippen molar-refractivity contribution in [2.45, 2.75) is 19.3 Å². The quantitative estimate of drug-likeness (QED) is 0.671. The van der Waals surface area contributed by atoms with Crippen molar-refractivity contribution in [3.8, 4) is 6.07 Å². The summed E-state index contributed by atoms with van der Waals surface area (Å²) in [5.41, 5.74) is 0. The van der Waals surface area contributed by atoms with Gasteiger partial charge < -0.3 is 10.0 Å². The van der Waals surface area contributed by atoms with E-state index in [9.17, 15) is 0 Å². The number of hydrogen-bond acceptors (Lipinski definition) is 3. The van der Waals surface area contributed by atoms with Gasteiger partial charge in [-0.25, -0.2) is 0 Å². The Labute approximate surface area is 73.6 Å². The molecule has 0 aromatic rings. The minimum Gasteiger partial charge on any atom is -0.396 e. The Morgan fingerprint density at radius 2 is 2.08 bits per heavy atom. The van der Waals surface area contributed by atoms with Crippen molar-refractivity contribution >= 4 is 0 Å². The number of hydrogen-bond donors (Lipinski definition) is 1. The average Bonchev–Trinajstić information content (AvgIpc) is 2.15. The number of rotatable bonds is 3. The standard InChI is InChI=1S/C9H16N2O/c10-8-9-2-5-11(6-3-9)4-1-7-12/h9,12H,1-7H2. The largest absolute Gasteiger partial charge is 0.396 e. The van der Waals surface area contributed by atoms with E-state index in [-0.39, 0.29) is 12.5 Å². The second-order valence-corrected chi connectivity index (χ2v) is 3.32. The third-order valence-electron chi connectivity index (χ3n) is 2.40. The van der Waals surface area contributed by atoms with Crippen LogP contribution in [-0.2, 0) is 0 Å². The lowest BCUT2D eigenvalue weighted by Crippen LogP contribution is -2.34. The van der Waals surface area contributed by atoms with Crippen LogP contribution in [0, 0.1) is 17.2 Å². The zero-order chi connectivity index (χ0) is 8.81. The van der Waals surface area contributed by atoms with E-state index in [1.165, 1.54) is 0 Å². The highest BCUT2D eigenvalue weighted by Crippen LogP contribution is 2.15. The number of likely N-dealkylation sites (tertiary alicyclic amines) is 1. The van der Waals surface area contributed by atoms with Gasteiger partial charge in [0.1, 0.15) is 0 Å². The van der Waals surface area contributed by atoms with Gasteiger partial charge in [-0.3, -0.25) is 0 Å². The summed E-state index contributed by atoms with van der Waals surface area (Å²) in [6.45, 7) is 3.31. The third-order valence-corrected chi connectivity index (χ3v) is 2.40. The fourth-order valence-electron chi connectivity index (χ4n) is 1.58. The molecular weight excluding hydrogens is 152 g/mol. The summed E-state index contributed by atoms with van der Waals surface area (Å²) < 4.78 is 0. The number of nitriles is 1. The van der Waals surface area contributed by atoms with Crippen LogP contribution in [0.5, 0.6) is 0 Å². The zero-order valence-corrected chi connectivity index (χ0v) is 7.37. The van der Waals surface area contributed by atoms with Crippen LogP contribution in [0.1, 0.15) is 19.3 Å². The van der Waals surface area contributed by atoms with Gasteiger partial charge in [0.05, 0.1) is 6.07 Å². The molecule has 0 aromatic carbocycles. The molecule has 3 nitrogen and oxygen atoms in total. The van der Waals surface area contributed by atoms with Crippen LogP contribution in [0.15, 0.2) is 0 Å². The van der Waals surface area contributed by atoms with Crippen molar-refractivity contribution in [2.75, 3.05) is 26.2 Å². The highest BCUT2D eigenvalue weighted by atomic mass is 16.3. The van der Waals surface area contributed by atoms with E-state index in [1.54, 1.807) is 0 Å². The van der Waals surface area contributed by atoms with Crippen molar-refractivity contribution in [2.24, 2.45) is 5.92 Å². The van der Waals surface area contributed by atoms with Gasteiger partial charge in [-0.05, 0) is 32.4 Å². The maximum absolute atomic E-state index is 8.64. The van der Waals surface area contributed by atoms with Crippen molar-refractivity contribution in [3.63, 3.8) is 0 Å². The molecular formula is C9H16N2O. The number of piperidine rings is 1. The summed E-state index contributed by atoms with van der Waals surface area (Å²) in [5.74, 6) is 0.273. The molecule has 1 rings (SSSR count). The van der Waals surface area contributed by atoms with Gasteiger partial charge in [-0.15, -0.1) is 0 Å². The van der Waals surface area contributed by atoms with Gasteiger partial charge in [0.15, 0.2) is 0 Å². The number of aliphatic hydroxyl groups excluding tert-OH is 1. The summed E-state index contributed by atoms with van der Waals surface area (Å²) in [5, 5.41) is 17.3. The lowest BCUT2D eigenvalue weighted by molar-refractivity contribution is 0.183. The van der Waals surface area contributed by atoms with E-state index in [1.807, 2.05) is 0 Å².